The summed E-state index contributed by atoms with van der Waals surface area (Å²) in [7, 11) is 0. The molecular weight excluding hydrogens is 526 g/mol. The van der Waals surface area contributed by atoms with Gasteiger partial charge in [0.2, 0.25) is 0 Å². The molecule has 0 unspecified atom stereocenters. The molecule has 1 aliphatic heterocycles. The Morgan fingerprint density at radius 1 is 1.06 bits per heavy atom. The quantitative estimate of drug-likeness (QED) is 0.486. The third-order valence-electron chi connectivity index (χ3n) is 6.41. The van der Waals surface area contributed by atoms with Gasteiger partial charge < -0.3 is 21.1 Å². The monoisotopic (exact) mass is 555 g/mol. The normalized spacial score (nSPS) is 14.5. The molecule has 1 radical (unpaired) electrons. The molecule has 0 aliphatic carbocycles. The third kappa shape index (κ3) is 5.58. The first-order chi connectivity index (χ1) is 16.3. The number of phenolic OH excluding ortho intramolecular Hbond substituents is 1. The van der Waals surface area contributed by atoms with Crippen LogP contribution in [0.15, 0.2) is 52.1 Å². The number of piperazine rings is 1. The van der Waals surface area contributed by atoms with E-state index in [1.54, 1.807) is 44.2 Å². The largest absolute Gasteiger partial charge is 0.659 e. The molecular formula is C25H29FN5O3Y-. The maximum atomic E-state index is 14.7. The summed E-state index contributed by atoms with van der Waals surface area (Å²) in [5.74, 6) is -0.413. The fourth-order valence-electron chi connectivity index (χ4n) is 4.45. The van der Waals surface area contributed by atoms with Crippen molar-refractivity contribution < 1.29 is 42.2 Å². The van der Waals surface area contributed by atoms with E-state index in [4.69, 9.17) is 5.73 Å². The number of halogens is 1. The number of hydrogen-bond donors (Lipinski definition) is 2. The van der Waals surface area contributed by atoms with Gasteiger partial charge in [-0.15, -0.1) is 13.1 Å². The van der Waals surface area contributed by atoms with Crippen LogP contribution in [0.25, 0.3) is 5.32 Å². The second kappa shape index (κ2) is 11.6. The van der Waals surface area contributed by atoms with Crippen molar-refractivity contribution in [2.45, 2.75) is 33.0 Å². The number of rotatable bonds is 6. The number of aromatic hydroxyl groups is 1. The van der Waals surface area contributed by atoms with Crippen LogP contribution >= 0.6 is 0 Å². The van der Waals surface area contributed by atoms with E-state index in [9.17, 15) is 19.1 Å². The fraction of sp³-hybridized carbons (Fsp3) is 0.360. The third-order valence-corrected chi connectivity index (χ3v) is 6.41. The molecule has 1 atom stereocenters. The maximum absolute atomic E-state index is 14.7. The van der Waals surface area contributed by atoms with Gasteiger partial charge in [0, 0.05) is 49.5 Å². The van der Waals surface area contributed by atoms with Gasteiger partial charge in [-0.3, -0.25) is 13.9 Å². The number of aryl methyl sites for hydroxylation is 1. The molecule has 1 aliphatic rings. The van der Waals surface area contributed by atoms with Crippen LogP contribution in [-0.4, -0.2) is 40.4 Å². The predicted octanol–water partition coefficient (Wildman–Crippen LogP) is 2.41. The molecule has 1 aromatic heterocycles. The first kappa shape index (κ1) is 27.3. The molecule has 1 fully saturated rings. The fourth-order valence-corrected chi connectivity index (χ4v) is 4.45. The smallest absolute Gasteiger partial charge is 0.331 e. The van der Waals surface area contributed by atoms with Gasteiger partial charge in [0.05, 0.1) is 19.1 Å². The first-order valence-electron chi connectivity index (χ1n) is 11.3. The molecule has 4 rings (SSSR count). The van der Waals surface area contributed by atoms with Gasteiger partial charge in [-0.2, -0.15) is 0 Å². The molecule has 0 amide bonds. The molecule has 2 heterocycles. The van der Waals surface area contributed by atoms with Crippen molar-refractivity contribution in [2.24, 2.45) is 5.73 Å². The average Bonchev–Trinajstić information content (AvgIpc) is 2.82. The van der Waals surface area contributed by atoms with Gasteiger partial charge in [-0.1, -0.05) is 30.3 Å². The first-order valence-corrected chi connectivity index (χ1v) is 11.3. The minimum Gasteiger partial charge on any atom is -0.659 e. The molecule has 3 N–H and O–H groups in total. The van der Waals surface area contributed by atoms with Gasteiger partial charge in [-0.25, -0.2) is 9.18 Å². The molecule has 2 aromatic carbocycles. The average molecular weight is 555 g/mol. The number of hydrogen-bond acceptors (Lipinski definition) is 5. The number of benzene rings is 2. The molecule has 0 spiro atoms. The van der Waals surface area contributed by atoms with E-state index in [1.165, 1.54) is 16.7 Å². The molecule has 35 heavy (non-hydrogen) atoms. The van der Waals surface area contributed by atoms with Gasteiger partial charge in [0.15, 0.2) is 0 Å². The summed E-state index contributed by atoms with van der Waals surface area (Å²) in [6.45, 7) is 5.64. The van der Waals surface area contributed by atoms with Crippen molar-refractivity contribution in [3.05, 3.63) is 96.8 Å². The Kier molecular flexibility index (Phi) is 9.04. The van der Waals surface area contributed by atoms with Crippen LogP contribution in [0, 0.1) is 19.7 Å². The zero-order chi connectivity index (χ0) is 24.4. The molecule has 183 valence electrons. The SMILES string of the molecule is Cc1cccc(F)c1Cn1c(C)c(N2CC[N-]CC2)c(=O)n(C[C@H](N)c2ccccc2O)c1=O.[Y]. The number of anilines is 1. The van der Waals surface area contributed by atoms with Crippen LogP contribution < -0.4 is 21.9 Å². The van der Waals surface area contributed by atoms with E-state index < -0.39 is 23.1 Å². The molecule has 3 aromatic rings. The van der Waals surface area contributed by atoms with Crippen LogP contribution in [-0.2, 0) is 45.8 Å². The number of phenols is 1. The molecule has 1 saturated heterocycles. The van der Waals surface area contributed by atoms with Crippen molar-refractivity contribution >= 4 is 5.69 Å². The van der Waals surface area contributed by atoms with Crippen LogP contribution in [0.1, 0.15) is 28.4 Å². The number of para-hydroxylation sites is 1. The zero-order valence-electron chi connectivity index (χ0n) is 19.9. The van der Waals surface area contributed by atoms with Gasteiger partial charge in [0.25, 0.3) is 5.56 Å². The van der Waals surface area contributed by atoms with E-state index in [1.807, 2.05) is 4.90 Å². The molecule has 10 heteroatoms. The summed E-state index contributed by atoms with van der Waals surface area (Å²) in [5, 5.41) is 14.5. The summed E-state index contributed by atoms with van der Waals surface area (Å²) in [6.07, 6.45) is 0. The number of nitrogens with zero attached hydrogens (tertiary/aromatic N) is 4. The summed E-state index contributed by atoms with van der Waals surface area (Å²) < 4.78 is 17.2. The maximum Gasteiger partial charge on any atom is 0.331 e. The Bertz CT molecular complexity index is 1300. The van der Waals surface area contributed by atoms with Gasteiger partial charge in [-0.05, 0) is 44.6 Å². The van der Waals surface area contributed by atoms with Crippen LogP contribution in [0.4, 0.5) is 10.1 Å². The minimum atomic E-state index is -0.790. The second-order valence-electron chi connectivity index (χ2n) is 8.58. The Morgan fingerprint density at radius 3 is 2.40 bits per heavy atom. The van der Waals surface area contributed by atoms with E-state index in [0.717, 1.165) is 4.57 Å². The van der Waals surface area contributed by atoms with Crippen LogP contribution in [0.2, 0.25) is 0 Å². The summed E-state index contributed by atoms with van der Waals surface area (Å²) in [4.78, 5) is 29.1. The summed E-state index contributed by atoms with van der Waals surface area (Å²) in [6, 6.07) is 10.6. The Balaban J connectivity index is 0.00000342. The van der Waals surface area contributed by atoms with Gasteiger partial charge in [0.1, 0.15) is 17.3 Å². The summed E-state index contributed by atoms with van der Waals surface area (Å²) >= 11 is 0. The van der Waals surface area contributed by atoms with Crippen LogP contribution in [0.3, 0.4) is 0 Å². The van der Waals surface area contributed by atoms with Crippen molar-refractivity contribution in [1.29, 1.82) is 0 Å². The van der Waals surface area contributed by atoms with E-state index in [0.29, 0.717) is 54.3 Å². The standard InChI is InChI=1S/C25H29FN5O3.Y/c1-16-6-5-8-20(26)19(16)14-30-17(2)23(29-12-10-28-11-13-29)24(33)31(25(30)34)15-21(27)18-7-3-4-9-22(18)32;/h3-9,21,32H,10-15,27H2,1-2H3;/q-1;/t21-;/m0./s1. The topological polar surface area (TPSA) is 108 Å². The Labute approximate surface area is 228 Å². The second-order valence-corrected chi connectivity index (χ2v) is 8.58. The van der Waals surface area contributed by atoms with E-state index >= 15 is 0 Å². The Morgan fingerprint density at radius 2 is 1.74 bits per heavy atom. The summed E-state index contributed by atoms with van der Waals surface area (Å²) in [5.41, 5.74) is 7.73. The van der Waals surface area contributed by atoms with Crippen molar-refractivity contribution in [3.63, 3.8) is 0 Å². The van der Waals surface area contributed by atoms with E-state index in [-0.39, 0.29) is 51.5 Å². The minimum absolute atomic E-state index is 0. The molecule has 0 bridgehead atoms. The van der Waals surface area contributed by atoms with Gasteiger partial charge >= 0.3 is 5.69 Å². The molecule has 8 nitrogen and oxygen atoms in total. The van der Waals surface area contributed by atoms with Crippen molar-refractivity contribution in [2.75, 3.05) is 31.1 Å². The Hall–Kier alpha value is -2.33. The number of nitrogens with two attached hydrogens (primary N) is 1. The molecule has 0 saturated carbocycles. The van der Waals surface area contributed by atoms with E-state index in [2.05, 4.69) is 5.32 Å². The van der Waals surface area contributed by atoms with Crippen molar-refractivity contribution in [1.82, 2.24) is 9.13 Å². The predicted molar refractivity (Wildman–Crippen MR) is 130 cm³/mol. The number of aromatic nitrogens is 2. The van der Waals surface area contributed by atoms with Crippen LogP contribution in [0.5, 0.6) is 5.75 Å². The zero-order valence-corrected chi connectivity index (χ0v) is 22.8. The van der Waals surface area contributed by atoms with Crippen molar-refractivity contribution in [3.8, 4) is 5.75 Å².